The van der Waals surface area contributed by atoms with Gasteiger partial charge in [0.05, 0.1) is 10.9 Å². The lowest BCUT2D eigenvalue weighted by Crippen LogP contribution is -2.23. The van der Waals surface area contributed by atoms with Crippen molar-refractivity contribution in [2.24, 2.45) is 0 Å². The van der Waals surface area contributed by atoms with Crippen molar-refractivity contribution in [1.82, 2.24) is 0 Å². The maximum atomic E-state index is 13.3. The highest BCUT2D eigenvalue weighted by atomic mass is 19.4. The van der Waals surface area contributed by atoms with E-state index in [0.717, 1.165) is 25.3 Å². The van der Waals surface area contributed by atoms with Crippen molar-refractivity contribution in [3.8, 4) is 5.75 Å². The van der Waals surface area contributed by atoms with E-state index in [1.54, 1.807) is 0 Å². The van der Waals surface area contributed by atoms with E-state index in [2.05, 4.69) is 0 Å². The number of halogens is 3. The fourth-order valence-corrected chi connectivity index (χ4v) is 3.17. The fourth-order valence-electron chi connectivity index (χ4n) is 3.17. The van der Waals surface area contributed by atoms with Gasteiger partial charge in [-0.2, -0.15) is 13.2 Å². The standard InChI is InChI=1S/C16H15F3O3/c17-16(18,19)15-13(9-4-2-1-3-5-9)14(21)11-7-6-10(20)8-12(11)22-15/h6-9,20H,1-5H2. The lowest BCUT2D eigenvalue weighted by atomic mass is 9.83. The second-order valence-electron chi connectivity index (χ2n) is 5.69. The number of phenols is 1. The molecule has 0 spiro atoms. The third-order valence-electron chi connectivity index (χ3n) is 4.18. The van der Waals surface area contributed by atoms with Gasteiger partial charge in [0, 0.05) is 6.07 Å². The van der Waals surface area contributed by atoms with Crippen molar-refractivity contribution in [3.05, 3.63) is 39.7 Å². The van der Waals surface area contributed by atoms with Crippen LogP contribution in [0, 0.1) is 0 Å². The van der Waals surface area contributed by atoms with Gasteiger partial charge in [-0.05, 0) is 30.9 Å². The van der Waals surface area contributed by atoms with Crippen LogP contribution in [0.5, 0.6) is 5.75 Å². The monoisotopic (exact) mass is 312 g/mol. The summed E-state index contributed by atoms with van der Waals surface area (Å²) in [5.74, 6) is -1.88. The van der Waals surface area contributed by atoms with Gasteiger partial charge in [-0.3, -0.25) is 4.79 Å². The molecule has 1 fully saturated rings. The van der Waals surface area contributed by atoms with E-state index in [0.29, 0.717) is 12.8 Å². The quantitative estimate of drug-likeness (QED) is 0.839. The van der Waals surface area contributed by atoms with Crippen LogP contribution in [0.4, 0.5) is 13.2 Å². The Hall–Kier alpha value is -1.98. The van der Waals surface area contributed by atoms with Gasteiger partial charge < -0.3 is 9.52 Å². The Kier molecular flexibility index (Phi) is 3.62. The second-order valence-corrected chi connectivity index (χ2v) is 5.69. The Balaban J connectivity index is 2.29. The first kappa shape index (κ1) is 14.9. The maximum absolute atomic E-state index is 13.3. The van der Waals surface area contributed by atoms with Gasteiger partial charge in [0.2, 0.25) is 5.76 Å². The first-order valence-electron chi connectivity index (χ1n) is 7.25. The van der Waals surface area contributed by atoms with Gasteiger partial charge in [-0.15, -0.1) is 0 Å². The molecular weight excluding hydrogens is 297 g/mol. The molecule has 1 aliphatic rings. The average molecular weight is 312 g/mol. The SMILES string of the molecule is O=c1c(C2CCCCC2)c(C(F)(F)F)oc2cc(O)ccc12. The summed E-state index contributed by atoms with van der Waals surface area (Å²) in [5.41, 5.74) is -1.14. The summed E-state index contributed by atoms with van der Waals surface area (Å²) in [6.07, 6.45) is -0.991. The predicted molar refractivity (Wildman–Crippen MR) is 75.0 cm³/mol. The molecular formula is C16H15F3O3. The molecule has 1 N–H and O–H groups in total. The molecule has 0 unspecified atom stereocenters. The smallest absolute Gasteiger partial charge is 0.449 e. The van der Waals surface area contributed by atoms with Gasteiger partial charge >= 0.3 is 6.18 Å². The molecule has 118 valence electrons. The third-order valence-corrected chi connectivity index (χ3v) is 4.18. The summed E-state index contributed by atoms with van der Waals surface area (Å²) in [4.78, 5) is 12.6. The number of rotatable bonds is 1. The van der Waals surface area contributed by atoms with Crippen LogP contribution in [0.25, 0.3) is 11.0 Å². The molecule has 0 atom stereocenters. The Morgan fingerprint density at radius 3 is 2.45 bits per heavy atom. The van der Waals surface area contributed by atoms with Crippen LogP contribution in [-0.4, -0.2) is 5.11 Å². The molecule has 3 rings (SSSR count). The van der Waals surface area contributed by atoms with Crippen LogP contribution in [0.3, 0.4) is 0 Å². The molecule has 1 saturated carbocycles. The average Bonchev–Trinajstić information content (AvgIpc) is 2.46. The summed E-state index contributed by atoms with van der Waals surface area (Å²) in [7, 11) is 0. The lowest BCUT2D eigenvalue weighted by Gasteiger charge is -2.23. The molecule has 1 aromatic heterocycles. The van der Waals surface area contributed by atoms with Gasteiger partial charge in [-0.25, -0.2) is 0 Å². The Bertz CT molecular complexity index is 756. The van der Waals surface area contributed by atoms with Crippen LogP contribution < -0.4 is 5.43 Å². The molecule has 1 aliphatic carbocycles. The Morgan fingerprint density at radius 1 is 1.14 bits per heavy atom. The largest absolute Gasteiger partial charge is 0.508 e. The van der Waals surface area contributed by atoms with Crippen LogP contribution >= 0.6 is 0 Å². The maximum Gasteiger partial charge on any atom is 0.449 e. The first-order chi connectivity index (χ1) is 10.4. The van der Waals surface area contributed by atoms with Crippen molar-refractivity contribution in [1.29, 1.82) is 0 Å². The van der Waals surface area contributed by atoms with Crippen LogP contribution in [-0.2, 0) is 6.18 Å². The number of hydrogen-bond donors (Lipinski definition) is 1. The van der Waals surface area contributed by atoms with E-state index in [-0.39, 0.29) is 22.3 Å². The Morgan fingerprint density at radius 2 is 1.82 bits per heavy atom. The van der Waals surface area contributed by atoms with E-state index in [4.69, 9.17) is 4.42 Å². The second kappa shape index (κ2) is 5.34. The molecule has 0 bridgehead atoms. The number of hydrogen-bond acceptors (Lipinski definition) is 3. The zero-order valence-electron chi connectivity index (χ0n) is 11.7. The molecule has 0 radical (unpaired) electrons. The van der Waals surface area contributed by atoms with Crippen LogP contribution in [0.15, 0.2) is 27.4 Å². The van der Waals surface area contributed by atoms with Crippen molar-refractivity contribution < 1.29 is 22.7 Å². The van der Waals surface area contributed by atoms with Crippen LogP contribution in [0.2, 0.25) is 0 Å². The molecule has 1 aromatic carbocycles. The summed E-state index contributed by atoms with van der Waals surface area (Å²) in [6.45, 7) is 0. The zero-order valence-corrected chi connectivity index (χ0v) is 11.7. The minimum atomic E-state index is -4.73. The normalized spacial score (nSPS) is 17.0. The van der Waals surface area contributed by atoms with Gasteiger partial charge in [0.15, 0.2) is 5.43 Å². The lowest BCUT2D eigenvalue weighted by molar-refractivity contribution is -0.154. The summed E-state index contributed by atoms with van der Waals surface area (Å²) < 4.78 is 44.9. The van der Waals surface area contributed by atoms with Crippen molar-refractivity contribution >= 4 is 11.0 Å². The minimum Gasteiger partial charge on any atom is -0.508 e. The topological polar surface area (TPSA) is 50.4 Å². The van der Waals surface area contributed by atoms with E-state index >= 15 is 0 Å². The van der Waals surface area contributed by atoms with Crippen molar-refractivity contribution in [2.45, 2.75) is 44.2 Å². The molecule has 1 heterocycles. The highest BCUT2D eigenvalue weighted by Crippen LogP contribution is 2.40. The first-order valence-corrected chi connectivity index (χ1v) is 7.25. The van der Waals surface area contributed by atoms with E-state index in [9.17, 15) is 23.1 Å². The predicted octanol–water partition coefficient (Wildman–Crippen LogP) is 4.57. The van der Waals surface area contributed by atoms with Crippen molar-refractivity contribution in [3.63, 3.8) is 0 Å². The fraction of sp³-hybridized carbons (Fsp3) is 0.438. The summed E-state index contributed by atoms with van der Waals surface area (Å²) >= 11 is 0. The molecule has 22 heavy (non-hydrogen) atoms. The highest BCUT2D eigenvalue weighted by molar-refractivity contribution is 5.79. The number of benzene rings is 1. The zero-order chi connectivity index (χ0) is 15.9. The number of alkyl halides is 3. The molecule has 0 aliphatic heterocycles. The number of fused-ring (bicyclic) bond motifs is 1. The summed E-state index contributed by atoms with van der Waals surface area (Å²) in [6, 6.07) is 3.62. The molecule has 0 amide bonds. The molecule has 6 heteroatoms. The molecule has 3 nitrogen and oxygen atoms in total. The van der Waals surface area contributed by atoms with Gasteiger partial charge in [0.25, 0.3) is 0 Å². The van der Waals surface area contributed by atoms with Crippen molar-refractivity contribution in [2.75, 3.05) is 0 Å². The molecule has 2 aromatic rings. The Labute approximate surface area is 124 Å². The number of phenolic OH excluding ortho intramolecular Hbond substituents is 1. The number of aromatic hydroxyl groups is 1. The molecule has 0 saturated heterocycles. The summed E-state index contributed by atoms with van der Waals surface area (Å²) in [5, 5.41) is 9.46. The van der Waals surface area contributed by atoms with E-state index in [1.807, 2.05) is 0 Å². The van der Waals surface area contributed by atoms with Gasteiger partial charge in [-0.1, -0.05) is 19.3 Å². The third kappa shape index (κ3) is 2.58. The minimum absolute atomic E-state index is 0.0753. The van der Waals surface area contributed by atoms with Crippen LogP contribution in [0.1, 0.15) is 49.3 Å². The van der Waals surface area contributed by atoms with E-state index in [1.165, 1.54) is 12.1 Å². The van der Waals surface area contributed by atoms with Gasteiger partial charge in [0.1, 0.15) is 11.3 Å². The van der Waals surface area contributed by atoms with E-state index < -0.39 is 23.3 Å². The highest BCUT2D eigenvalue weighted by Gasteiger charge is 2.41.